The van der Waals surface area contributed by atoms with Crippen molar-refractivity contribution in [1.29, 1.82) is 0 Å². The fraction of sp³-hybridized carbons (Fsp3) is 0.500. The molecule has 0 atom stereocenters. The number of piperidine rings is 1. The molecule has 18 heavy (non-hydrogen) atoms. The van der Waals surface area contributed by atoms with Crippen molar-refractivity contribution in [1.82, 2.24) is 4.90 Å². The molecule has 0 spiro atoms. The van der Waals surface area contributed by atoms with Crippen molar-refractivity contribution in [3.05, 3.63) is 33.8 Å². The van der Waals surface area contributed by atoms with Gasteiger partial charge in [-0.05, 0) is 49.5 Å². The van der Waals surface area contributed by atoms with Gasteiger partial charge in [0.2, 0.25) is 0 Å². The number of rotatable bonds is 3. The molecule has 0 aliphatic carbocycles. The fourth-order valence-corrected chi connectivity index (χ4v) is 2.77. The Morgan fingerprint density at radius 2 is 2.11 bits per heavy atom. The molecule has 0 aromatic heterocycles. The molecular weight excluding hydrogens is 294 g/mol. The fourth-order valence-electron chi connectivity index (χ4n) is 2.27. The SMILES string of the molecule is CC1CCN(Cc2ccc(C(=O)O)cc2Br)CC1. The number of carboxylic acids is 1. The van der Waals surface area contributed by atoms with Crippen LogP contribution in [-0.4, -0.2) is 29.1 Å². The van der Waals surface area contributed by atoms with E-state index in [1.807, 2.05) is 6.07 Å². The van der Waals surface area contributed by atoms with Gasteiger partial charge in [-0.25, -0.2) is 4.79 Å². The molecule has 3 nitrogen and oxygen atoms in total. The third-order valence-electron chi connectivity index (χ3n) is 3.57. The molecular formula is C14H18BrNO2. The molecule has 1 N–H and O–H groups in total. The molecule has 1 heterocycles. The molecule has 1 aromatic carbocycles. The molecule has 4 heteroatoms. The minimum absolute atomic E-state index is 0.331. The van der Waals surface area contributed by atoms with Crippen molar-refractivity contribution in [3.8, 4) is 0 Å². The minimum Gasteiger partial charge on any atom is -0.478 e. The third-order valence-corrected chi connectivity index (χ3v) is 4.31. The van der Waals surface area contributed by atoms with Crippen LogP contribution in [-0.2, 0) is 6.54 Å². The van der Waals surface area contributed by atoms with E-state index in [0.29, 0.717) is 5.56 Å². The highest BCUT2D eigenvalue weighted by atomic mass is 79.9. The monoisotopic (exact) mass is 311 g/mol. The summed E-state index contributed by atoms with van der Waals surface area (Å²) in [6.07, 6.45) is 2.51. The van der Waals surface area contributed by atoms with Crippen LogP contribution in [0.15, 0.2) is 22.7 Å². The van der Waals surface area contributed by atoms with E-state index in [2.05, 4.69) is 27.8 Å². The van der Waals surface area contributed by atoms with Crippen LogP contribution in [0, 0.1) is 5.92 Å². The van der Waals surface area contributed by atoms with Crippen molar-refractivity contribution in [2.45, 2.75) is 26.3 Å². The number of carboxylic acid groups (broad SMARTS) is 1. The summed E-state index contributed by atoms with van der Waals surface area (Å²) in [6.45, 7) is 5.46. The van der Waals surface area contributed by atoms with E-state index >= 15 is 0 Å². The molecule has 98 valence electrons. The lowest BCUT2D eigenvalue weighted by molar-refractivity contribution is 0.0696. The lowest BCUT2D eigenvalue weighted by atomic mass is 9.99. The minimum atomic E-state index is -0.881. The smallest absolute Gasteiger partial charge is 0.335 e. The molecule has 1 saturated heterocycles. The molecule has 0 bridgehead atoms. The number of aromatic carboxylic acids is 1. The summed E-state index contributed by atoms with van der Waals surface area (Å²) in [5.74, 6) is -0.0480. The topological polar surface area (TPSA) is 40.5 Å². The van der Waals surface area contributed by atoms with Crippen molar-refractivity contribution in [3.63, 3.8) is 0 Å². The largest absolute Gasteiger partial charge is 0.478 e. The maximum Gasteiger partial charge on any atom is 0.335 e. The lowest BCUT2D eigenvalue weighted by Gasteiger charge is -2.30. The predicted molar refractivity (Wildman–Crippen MR) is 74.8 cm³/mol. The van der Waals surface area contributed by atoms with Crippen LogP contribution in [0.25, 0.3) is 0 Å². The van der Waals surface area contributed by atoms with Gasteiger partial charge < -0.3 is 5.11 Å². The first-order valence-corrected chi connectivity index (χ1v) is 7.09. The summed E-state index contributed by atoms with van der Waals surface area (Å²) >= 11 is 3.46. The summed E-state index contributed by atoms with van der Waals surface area (Å²) in [5.41, 5.74) is 1.49. The highest BCUT2D eigenvalue weighted by molar-refractivity contribution is 9.10. The first-order chi connectivity index (χ1) is 8.56. The quantitative estimate of drug-likeness (QED) is 0.930. The van der Waals surface area contributed by atoms with Crippen molar-refractivity contribution >= 4 is 21.9 Å². The van der Waals surface area contributed by atoms with Gasteiger partial charge in [-0.1, -0.05) is 28.9 Å². The number of carbonyl (C=O) groups is 1. The van der Waals surface area contributed by atoms with Gasteiger partial charge in [-0.15, -0.1) is 0 Å². The second-order valence-corrected chi connectivity index (χ2v) is 5.92. The van der Waals surface area contributed by atoms with Gasteiger partial charge in [0.15, 0.2) is 0 Å². The van der Waals surface area contributed by atoms with Crippen molar-refractivity contribution in [2.75, 3.05) is 13.1 Å². The Morgan fingerprint density at radius 1 is 1.44 bits per heavy atom. The van der Waals surface area contributed by atoms with Crippen LogP contribution in [0.3, 0.4) is 0 Å². The van der Waals surface area contributed by atoms with Crippen molar-refractivity contribution in [2.24, 2.45) is 5.92 Å². The summed E-state index contributed by atoms with van der Waals surface area (Å²) < 4.78 is 0.890. The van der Waals surface area contributed by atoms with E-state index in [1.54, 1.807) is 12.1 Å². The van der Waals surface area contributed by atoms with E-state index in [1.165, 1.54) is 12.8 Å². The van der Waals surface area contributed by atoms with Crippen LogP contribution in [0.4, 0.5) is 0 Å². The summed E-state index contributed by atoms with van der Waals surface area (Å²) in [7, 11) is 0. The van der Waals surface area contributed by atoms with Crippen LogP contribution in [0.2, 0.25) is 0 Å². The van der Waals surface area contributed by atoms with Crippen LogP contribution in [0.5, 0.6) is 0 Å². The van der Waals surface area contributed by atoms with Gasteiger partial charge >= 0.3 is 5.97 Å². The molecule has 1 fully saturated rings. The summed E-state index contributed by atoms with van der Waals surface area (Å²) in [4.78, 5) is 13.3. The Hall–Kier alpha value is -0.870. The number of hydrogen-bond donors (Lipinski definition) is 1. The second-order valence-electron chi connectivity index (χ2n) is 5.07. The highest BCUT2D eigenvalue weighted by Gasteiger charge is 2.17. The van der Waals surface area contributed by atoms with Crippen LogP contribution < -0.4 is 0 Å². The van der Waals surface area contributed by atoms with E-state index in [9.17, 15) is 4.79 Å². The maximum absolute atomic E-state index is 10.9. The Labute approximate surface area is 116 Å². The summed E-state index contributed by atoms with van der Waals surface area (Å²) in [5, 5.41) is 8.92. The number of halogens is 1. The molecule has 0 saturated carbocycles. The first-order valence-electron chi connectivity index (χ1n) is 6.30. The van der Waals surface area contributed by atoms with E-state index < -0.39 is 5.97 Å². The molecule has 0 amide bonds. The molecule has 1 aliphatic rings. The Morgan fingerprint density at radius 3 is 2.67 bits per heavy atom. The lowest BCUT2D eigenvalue weighted by Crippen LogP contribution is -2.32. The normalized spacial score (nSPS) is 17.9. The van der Waals surface area contributed by atoms with Crippen molar-refractivity contribution < 1.29 is 9.90 Å². The van der Waals surface area contributed by atoms with Gasteiger partial charge in [-0.2, -0.15) is 0 Å². The average Bonchev–Trinajstić information content (AvgIpc) is 2.34. The zero-order valence-corrected chi connectivity index (χ0v) is 12.1. The molecule has 2 rings (SSSR count). The number of likely N-dealkylation sites (tertiary alicyclic amines) is 1. The van der Waals surface area contributed by atoms with E-state index in [0.717, 1.165) is 35.6 Å². The zero-order chi connectivity index (χ0) is 13.1. The van der Waals surface area contributed by atoms with Crippen LogP contribution >= 0.6 is 15.9 Å². The summed E-state index contributed by atoms with van der Waals surface area (Å²) in [6, 6.07) is 5.27. The Bertz CT molecular complexity index is 439. The number of nitrogens with zero attached hydrogens (tertiary/aromatic N) is 1. The molecule has 1 aliphatic heterocycles. The first kappa shape index (κ1) is 13.6. The zero-order valence-electron chi connectivity index (χ0n) is 10.5. The second kappa shape index (κ2) is 5.85. The van der Waals surface area contributed by atoms with Gasteiger partial charge in [0.05, 0.1) is 5.56 Å². The Kier molecular flexibility index (Phi) is 4.40. The Balaban J connectivity index is 2.03. The van der Waals surface area contributed by atoms with Gasteiger partial charge in [0.1, 0.15) is 0 Å². The van der Waals surface area contributed by atoms with E-state index in [-0.39, 0.29) is 0 Å². The van der Waals surface area contributed by atoms with Gasteiger partial charge in [0, 0.05) is 11.0 Å². The average molecular weight is 312 g/mol. The van der Waals surface area contributed by atoms with Gasteiger partial charge in [-0.3, -0.25) is 4.90 Å². The maximum atomic E-state index is 10.9. The molecule has 0 radical (unpaired) electrons. The highest BCUT2D eigenvalue weighted by Crippen LogP contribution is 2.23. The standard InChI is InChI=1S/C14H18BrNO2/c1-10-4-6-16(7-5-10)9-12-3-2-11(14(17)18)8-13(12)15/h2-3,8,10H,4-7,9H2,1H3,(H,17,18). The number of benzene rings is 1. The van der Waals surface area contributed by atoms with Gasteiger partial charge in [0.25, 0.3) is 0 Å². The molecule has 0 unspecified atom stereocenters. The number of hydrogen-bond acceptors (Lipinski definition) is 2. The van der Waals surface area contributed by atoms with Crippen LogP contribution in [0.1, 0.15) is 35.7 Å². The van der Waals surface area contributed by atoms with E-state index in [4.69, 9.17) is 5.11 Å². The third kappa shape index (κ3) is 3.33. The predicted octanol–water partition coefficient (Wildman–Crippen LogP) is 3.38. The molecule has 1 aromatic rings.